The molecule has 0 amide bonds. The van der Waals surface area contributed by atoms with E-state index in [-0.39, 0.29) is 11.4 Å². The van der Waals surface area contributed by atoms with Gasteiger partial charge in [-0.05, 0) is 38.8 Å². The summed E-state index contributed by atoms with van der Waals surface area (Å²) >= 11 is 0. The van der Waals surface area contributed by atoms with Crippen molar-refractivity contribution in [2.45, 2.75) is 33.8 Å². The van der Waals surface area contributed by atoms with Gasteiger partial charge in [0.1, 0.15) is 0 Å². The standard InChI is InChI=1S/C13H16O3/c1-10(14)16-12(7-8-13(2,3)4)11-6-5-9-15-11/h5-6,9,12H,1-4H3/t12-/m0/s1. The smallest absolute Gasteiger partial charge is 0.304 e. The van der Waals surface area contributed by atoms with Crippen molar-refractivity contribution in [2.24, 2.45) is 5.41 Å². The van der Waals surface area contributed by atoms with Gasteiger partial charge in [-0.3, -0.25) is 4.79 Å². The van der Waals surface area contributed by atoms with Crippen LogP contribution >= 0.6 is 0 Å². The Bertz CT molecular complexity index is 399. The topological polar surface area (TPSA) is 39.4 Å². The van der Waals surface area contributed by atoms with Gasteiger partial charge in [-0.15, -0.1) is 0 Å². The molecule has 0 radical (unpaired) electrons. The summed E-state index contributed by atoms with van der Waals surface area (Å²) in [5, 5.41) is 0. The zero-order valence-electron chi connectivity index (χ0n) is 10.0. The Morgan fingerprint density at radius 1 is 1.50 bits per heavy atom. The molecule has 3 nitrogen and oxygen atoms in total. The summed E-state index contributed by atoms with van der Waals surface area (Å²) < 4.78 is 10.3. The fourth-order valence-corrected chi connectivity index (χ4v) is 1.05. The van der Waals surface area contributed by atoms with E-state index in [4.69, 9.17) is 9.15 Å². The van der Waals surface area contributed by atoms with Crippen LogP contribution in [0.2, 0.25) is 0 Å². The Morgan fingerprint density at radius 2 is 2.19 bits per heavy atom. The van der Waals surface area contributed by atoms with Crippen LogP contribution in [0.5, 0.6) is 0 Å². The largest absolute Gasteiger partial charge is 0.464 e. The van der Waals surface area contributed by atoms with E-state index in [2.05, 4.69) is 11.8 Å². The van der Waals surface area contributed by atoms with Crippen molar-refractivity contribution in [1.82, 2.24) is 0 Å². The van der Waals surface area contributed by atoms with E-state index in [0.717, 1.165) is 0 Å². The molecule has 0 aliphatic rings. The molecule has 0 aliphatic carbocycles. The molecule has 0 aromatic carbocycles. The number of carbonyl (C=O) groups is 1. The highest BCUT2D eigenvalue weighted by molar-refractivity contribution is 5.66. The van der Waals surface area contributed by atoms with Crippen LogP contribution in [0.4, 0.5) is 0 Å². The third-order valence-corrected chi connectivity index (χ3v) is 1.66. The Labute approximate surface area is 95.8 Å². The molecule has 0 saturated carbocycles. The van der Waals surface area contributed by atoms with Gasteiger partial charge in [0, 0.05) is 12.3 Å². The molecular weight excluding hydrogens is 204 g/mol. The van der Waals surface area contributed by atoms with Crippen molar-refractivity contribution in [3.8, 4) is 11.8 Å². The van der Waals surface area contributed by atoms with E-state index in [0.29, 0.717) is 5.76 Å². The summed E-state index contributed by atoms with van der Waals surface area (Å²) in [5.74, 6) is 6.11. The van der Waals surface area contributed by atoms with Gasteiger partial charge in [0.05, 0.1) is 6.26 Å². The van der Waals surface area contributed by atoms with Crippen LogP contribution in [0.25, 0.3) is 0 Å². The number of esters is 1. The minimum absolute atomic E-state index is 0.134. The van der Waals surface area contributed by atoms with Crippen LogP contribution < -0.4 is 0 Å². The highest BCUT2D eigenvalue weighted by Gasteiger charge is 2.15. The van der Waals surface area contributed by atoms with E-state index in [1.807, 2.05) is 20.8 Å². The third kappa shape index (κ3) is 4.22. The maximum Gasteiger partial charge on any atom is 0.304 e. The molecule has 0 unspecified atom stereocenters. The predicted octanol–water partition coefficient (Wildman–Crippen LogP) is 2.93. The van der Waals surface area contributed by atoms with E-state index < -0.39 is 6.10 Å². The molecule has 0 spiro atoms. The number of ether oxygens (including phenoxy) is 1. The summed E-state index contributed by atoms with van der Waals surface area (Å²) in [6, 6.07) is 3.48. The zero-order valence-corrected chi connectivity index (χ0v) is 10.0. The average Bonchev–Trinajstić information content (AvgIpc) is 2.62. The van der Waals surface area contributed by atoms with Crippen LogP contribution in [-0.4, -0.2) is 5.97 Å². The van der Waals surface area contributed by atoms with Crippen LogP contribution in [0, 0.1) is 17.3 Å². The first-order valence-electron chi connectivity index (χ1n) is 5.12. The number of furan rings is 1. The van der Waals surface area contributed by atoms with Crippen molar-refractivity contribution in [3.05, 3.63) is 24.2 Å². The summed E-state index contributed by atoms with van der Waals surface area (Å²) in [6.45, 7) is 7.33. The highest BCUT2D eigenvalue weighted by Crippen LogP contribution is 2.19. The lowest BCUT2D eigenvalue weighted by molar-refractivity contribution is -0.144. The molecular formula is C13H16O3. The number of carbonyl (C=O) groups excluding carboxylic acids is 1. The third-order valence-electron chi connectivity index (χ3n) is 1.66. The normalized spacial score (nSPS) is 12.5. The second kappa shape index (κ2) is 4.89. The first-order valence-corrected chi connectivity index (χ1v) is 5.12. The summed E-state index contributed by atoms with van der Waals surface area (Å²) in [6.07, 6.45) is 0.914. The summed E-state index contributed by atoms with van der Waals surface area (Å²) in [5.41, 5.74) is -0.134. The first-order chi connectivity index (χ1) is 7.38. The van der Waals surface area contributed by atoms with E-state index >= 15 is 0 Å². The number of hydrogen-bond acceptors (Lipinski definition) is 3. The number of rotatable bonds is 2. The van der Waals surface area contributed by atoms with Crippen LogP contribution in [-0.2, 0) is 9.53 Å². The van der Waals surface area contributed by atoms with Crippen LogP contribution in [0.3, 0.4) is 0 Å². The fraction of sp³-hybridized carbons (Fsp3) is 0.462. The number of hydrogen-bond donors (Lipinski definition) is 0. The second-order valence-electron chi connectivity index (χ2n) is 4.52. The lowest BCUT2D eigenvalue weighted by Crippen LogP contribution is -2.07. The van der Waals surface area contributed by atoms with Crippen molar-refractivity contribution < 1.29 is 13.9 Å². The molecule has 3 heteroatoms. The molecule has 1 heterocycles. The zero-order chi connectivity index (χ0) is 12.2. The van der Waals surface area contributed by atoms with Crippen molar-refractivity contribution in [2.75, 3.05) is 0 Å². The van der Waals surface area contributed by atoms with E-state index in [1.165, 1.54) is 13.2 Å². The van der Waals surface area contributed by atoms with Gasteiger partial charge in [-0.1, -0.05) is 5.92 Å². The molecule has 0 bridgehead atoms. The highest BCUT2D eigenvalue weighted by atomic mass is 16.5. The van der Waals surface area contributed by atoms with Crippen molar-refractivity contribution in [1.29, 1.82) is 0 Å². The van der Waals surface area contributed by atoms with Crippen molar-refractivity contribution >= 4 is 5.97 Å². The second-order valence-corrected chi connectivity index (χ2v) is 4.52. The molecule has 0 N–H and O–H groups in total. The Kier molecular flexibility index (Phi) is 3.78. The molecule has 0 fully saturated rings. The molecule has 16 heavy (non-hydrogen) atoms. The van der Waals surface area contributed by atoms with Crippen LogP contribution in [0.15, 0.2) is 22.8 Å². The lowest BCUT2D eigenvalue weighted by Gasteiger charge is -2.11. The SMILES string of the molecule is CC(=O)O[C@@H](C#CC(C)(C)C)c1ccco1. The molecule has 0 saturated heterocycles. The van der Waals surface area contributed by atoms with Gasteiger partial charge in [-0.2, -0.15) is 0 Å². The van der Waals surface area contributed by atoms with Gasteiger partial charge in [0.2, 0.25) is 6.10 Å². The Balaban J connectivity index is 2.88. The Morgan fingerprint density at radius 3 is 2.62 bits per heavy atom. The van der Waals surface area contributed by atoms with E-state index in [1.54, 1.807) is 12.1 Å². The van der Waals surface area contributed by atoms with Gasteiger partial charge >= 0.3 is 5.97 Å². The maximum atomic E-state index is 10.9. The minimum Gasteiger partial charge on any atom is -0.464 e. The van der Waals surface area contributed by atoms with Crippen LogP contribution in [0.1, 0.15) is 39.6 Å². The Hall–Kier alpha value is -1.69. The van der Waals surface area contributed by atoms with E-state index in [9.17, 15) is 4.79 Å². The summed E-state index contributed by atoms with van der Waals surface area (Å²) in [4.78, 5) is 10.9. The molecule has 1 rings (SSSR count). The maximum absolute atomic E-state index is 10.9. The molecule has 1 aromatic heterocycles. The molecule has 1 atom stereocenters. The minimum atomic E-state index is -0.619. The predicted molar refractivity (Wildman–Crippen MR) is 60.4 cm³/mol. The van der Waals surface area contributed by atoms with Gasteiger partial charge in [-0.25, -0.2) is 0 Å². The molecule has 86 valence electrons. The fourth-order valence-electron chi connectivity index (χ4n) is 1.05. The monoisotopic (exact) mass is 220 g/mol. The quantitative estimate of drug-likeness (QED) is 0.568. The van der Waals surface area contributed by atoms with Crippen molar-refractivity contribution in [3.63, 3.8) is 0 Å². The molecule has 1 aromatic rings. The average molecular weight is 220 g/mol. The van der Waals surface area contributed by atoms with Gasteiger partial charge in [0.15, 0.2) is 5.76 Å². The molecule has 0 aliphatic heterocycles. The first kappa shape index (κ1) is 12.4. The van der Waals surface area contributed by atoms with Gasteiger partial charge in [0.25, 0.3) is 0 Å². The lowest BCUT2D eigenvalue weighted by atomic mass is 9.97. The summed E-state index contributed by atoms with van der Waals surface area (Å²) in [7, 11) is 0. The van der Waals surface area contributed by atoms with Gasteiger partial charge < -0.3 is 9.15 Å².